The molecule has 1 amide bonds. The SMILES string of the molecule is CN(CC(=O)N1CCNCC1)Cc1ncc(C(C)(C)C)o1. The summed E-state index contributed by atoms with van der Waals surface area (Å²) < 4.78 is 5.76. The lowest BCUT2D eigenvalue weighted by Gasteiger charge is -2.29. The van der Waals surface area contributed by atoms with E-state index in [0.29, 0.717) is 19.0 Å². The molecule has 6 heteroatoms. The maximum atomic E-state index is 12.2. The van der Waals surface area contributed by atoms with Crippen LogP contribution in [0.4, 0.5) is 0 Å². The van der Waals surface area contributed by atoms with E-state index in [1.54, 1.807) is 6.20 Å². The van der Waals surface area contributed by atoms with E-state index in [0.717, 1.165) is 31.9 Å². The molecular weight excluding hydrogens is 268 g/mol. The number of aromatic nitrogens is 1. The van der Waals surface area contributed by atoms with Crippen molar-refractivity contribution < 1.29 is 9.21 Å². The average Bonchev–Trinajstić information content (AvgIpc) is 2.88. The summed E-state index contributed by atoms with van der Waals surface area (Å²) in [5.41, 5.74) is -0.0412. The second kappa shape index (κ2) is 6.58. The first kappa shape index (κ1) is 16.0. The summed E-state index contributed by atoms with van der Waals surface area (Å²) >= 11 is 0. The minimum atomic E-state index is -0.0412. The van der Waals surface area contributed by atoms with Crippen molar-refractivity contribution in [3.8, 4) is 0 Å². The number of nitrogens with one attached hydrogen (secondary N) is 1. The first-order chi connectivity index (χ1) is 9.86. The monoisotopic (exact) mass is 294 g/mol. The van der Waals surface area contributed by atoms with Crippen LogP contribution in [0.25, 0.3) is 0 Å². The Labute approximate surface area is 126 Å². The third-order valence-corrected chi connectivity index (χ3v) is 3.57. The predicted octanol–water partition coefficient (Wildman–Crippen LogP) is 0.836. The summed E-state index contributed by atoms with van der Waals surface area (Å²) in [6.45, 7) is 10.6. The normalized spacial score (nSPS) is 16.5. The van der Waals surface area contributed by atoms with Gasteiger partial charge in [-0.3, -0.25) is 9.69 Å². The van der Waals surface area contributed by atoms with Crippen LogP contribution >= 0.6 is 0 Å². The second-order valence-electron chi connectivity index (χ2n) is 6.67. The minimum Gasteiger partial charge on any atom is -0.444 e. The fourth-order valence-corrected chi connectivity index (χ4v) is 2.26. The number of hydrogen-bond donors (Lipinski definition) is 1. The minimum absolute atomic E-state index is 0.0412. The third kappa shape index (κ3) is 4.54. The molecule has 0 unspecified atom stereocenters. The number of amides is 1. The maximum Gasteiger partial charge on any atom is 0.236 e. The van der Waals surface area contributed by atoms with Crippen molar-refractivity contribution in [2.75, 3.05) is 39.8 Å². The van der Waals surface area contributed by atoms with Gasteiger partial charge in [0.2, 0.25) is 11.8 Å². The summed E-state index contributed by atoms with van der Waals surface area (Å²) in [6, 6.07) is 0. The van der Waals surface area contributed by atoms with Crippen LogP contribution < -0.4 is 5.32 Å². The van der Waals surface area contributed by atoms with E-state index in [1.165, 1.54) is 0 Å². The molecule has 118 valence electrons. The highest BCUT2D eigenvalue weighted by Gasteiger charge is 2.21. The molecule has 0 radical (unpaired) electrons. The van der Waals surface area contributed by atoms with Crippen molar-refractivity contribution in [1.29, 1.82) is 0 Å². The molecule has 0 bridgehead atoms. The molecule has 0 atom stereocenters. The molecule has 1 N–H and O–H groups in total. The zero-order chi connectivity index (χ0) is 15.5. The predicted molar refractivity (Wildman–Crippen MR) is 81.0 cm³/mol. The Hall–Kier alpha value is -1.40. The van der Waals surface area contributed by atoms with E-state index >= 15 is 0 Å². The van der Waals surface area contributed by atoms with Crippen molar-refractivity contribution in [3.63, 3.8) is 0 Å². The molecule has 0 aromatic carbocycles. The van der Waals surface area contributed by atoms with Gasteiger partial charge in [-0.1, -0.05) is 20.8 Å². The van der Waals surface area contributed by atoms with Crippen LogP contribution in [0.1, 0.15) is 32.4 Å². The average molecular weight is 294 g/mol. The summed E-state index contributed by atoms with van der Waals surface area (Å²) in [7, 11) is 1.92. The molecule has 0 spiro atoms. The summed E-state index contributed by atoms with van der Waals surface area (Å²) in [6.07, 6.45) is 1.78. The third-order valence-electron chi connectivity index (χ3n) is 3.57. The van der Waals surface area contributed by atoms with Gasteiger partial charge in [-0.15, -0.1) is 0 Å². The molecule has 1 aliphatic rings. The fraction of sp³-hybridized carbons (Fsp3) is 0.733. The van der Waals surface area contributed by atoms with Gasteiger partial charge in [0.15, 0.2) is 0 Å². The highest BCUT2D eigenvalue weighted by Crippen LogP contribution is 2.22. The number of hydrogen-bond acceptors (Lipinski definition) is 5. The van der Waals surface area contributed by atoms with Gasteiger partial charge in [0, 0.05) is 31.6 Å². The van der Waals surface area contributed by atoms with Gasteiger partial charge in [-0.25, -0.2) is 4.98 Å². The Morgan fingerprint density at radius 3 is 2.67 bits per heavy atom. The van der Waals surface area contributed by atoms with Crippen LogP contribution in [-0.2, 0) is 16.8 Å². The fourth-order valence-electron chi connectivity index (χ4n) is 2.26. The van der Waals surface area contributed by atoms with Gasteiger partial charge in [-0.2, -0.15) is 0 Å². The smallest absolute Gasteiger partial charge is 0.236 e. The van der Waals surface area contributed by atoms with Crippen LogP contribution in [0.15, 0.2) is 10.6 Å². The Morgan fingerprint density at radius 2 is 2.10 bits per heavy atom. The molecule has 1 aliphatic heterocycles. The van der Waals surface area contributed by atoms with E-state index < -0.39 is 0 Å². The van der Waals surface area contributed by atoms with E-state index in [2.05, 4.69) is 31.1 Å². The summed E-state index contributed by atoms with van der Waals surface area (Å²) in [5, 5.41) is 3.25. The van der Waals surface area contributed by atoms with Crippen LogP contribution in [0.3, 0.4) is 0 Å². The van der Waals surface area contributed by atoms with Crippen LogP contribution in [0.5, 0.6) is 0 Å². The largest absolute Gasteiger partial charge is 0.444 e. The number of carbonyl (C=O) groups excluding carboxylic acids is 1. The summed E-state index contributed by atoms with van der Waals surface area (Å²) in [4.78, 5) is 20.3. The lowest BCUT2D eigenvalue weighted by molar-refractivity contribution is -0.132. The van der Waals surface area contributed by atoms with Gasteiger partial charge < -0.3 is 14.6 Å². The molecular formula is C15H26N4O2. The molecule has 21 heavy (non-hydrogen) atoms. The highest BCUT2D eigenvalue weighted by atomic mass is 16.4. The van der Waals surface area contributed by atoms with Gasteiger partial charge in [0.05, 0.1) is 19.3 Å². The molecule has 1 fully saturated rings. The molecule has 1 aromatic heterocycles. The first-order valence-electron chi connectivity index (χ1n) is 7.48. The van der Waals surface area contributed by atoms with Gasteiger partial charge in [0.1, 0.15) is 5.76 Å². The molecule has 0 saturated carbocycles. The number of likely N-dealkylation sites (N-methyl/N-ethyl adjacent to an activating group) is 1. The maximum absolute atomic E-state index is 12.2. The molecule has 0 aliphatic carbocycles. The van der Waals surface area contributed by atoms with Crippen LogP contribution in [-0.4, -0.2) is 60.5 Å². The topological polar surface area (TPSA) is 61.6 Å². The molecule has 2 heterocycles. The van der Waals surface area contributed by atoms with Crippen molar-refractivity contribution in [3.05, 3.63) is 17.8 Å². The van der Waals surface area contributed by atoms with E-state index in [9.17, 15) is 4.79 Å². The molecule has 1 aromatic rings. The number of nitrogens with zero attached hydrogens (tertiary/aromatic N) is 3. The lowest BCUT2D eigenvalue weighted by atomic mass is 9.94. The number of oxazole rings is 1. The first-order valence-corrected chi connectivity index (χ1v) is 7.48. The zero-order valence-corrected chi connectivity index (χ0v) is 13.5. The van der Waals surface area contributed by atoms with Crippen LogP contribution in [0, 0.1) is 0 Å². The Morgan fingerprint density at radius 1 is 1.43 bits per heavy atom. The zero-order valence-electron chi connectivity index (χ0n) is 13.5. The standard InChI is InChI=1S/C15H26N4O2/c1-15(2,3)12-9-17-13(21-12)10-18(4)11-14(20)19-7-5-16-6-8-19/h9,16H,5-8,10-11H2,1-4H3. The van der Waals surface area contributed by atoms with Crippen molar-refractivity contribution in [2.24, 2.45) is 0 Å². The van der Waals surface area contributed by atoms with Gasteiger partial charge >= 0.3 is 0 Å². The number of carbonyl (C=O) groups is 1. The quantitative estimate of drug-likeness (QED) is 0.891. The van der Waals surface area contributed by atoms with Gasteiger partial charge in [0.25, 0.3) is 0 Å². The van der Waals surface area contributed by atoms with Crippen molar-refractivity contribution in [1.82, 2.24) is 20.1 Å². The number of rotatable bonds is 4. The molecule has 1 saturated heterocycles. The van der Waals surface area contributed by atoms with Crippen LogP contribution in [0.2, 0.25) is 0 Å². The molecule has 2 rings (SSSR count). The van der Waals surface area contributed by atoms with Crippen molar-refractivity contribution in [2.45, 2.75) is 32.7 Å². The Bertz CT molecular complexity index is 472. The highest BCUT2D eigenvalue weighted by molar-refractivity contribution is 5.78. The van der Waals surface area contributed by atoms with E-state index in [-0.39, 0.29) is 11.3 Å². The van der Waals surface area contributed by atoms with Gasteiger partial charge in [-0.05, 0) is 7.05 Å². The van der Waals surface area contributed by atoms with E-state index in [4.69, 9.17) is 4.42 Å². The Balaban J connectivity index is 1.85. The van der Waals surface area contributed by atoms with Crippen molar-refractivity contribution >= 4 is 5.91 Å². The number of piperazine rings is 1. The van der Waals surface area contributed by atoms with E-state index in [1.807, 2.05) is 16.8 Å². The molecule has 6 nitrogen and oxygen atoms in total. The lowest BCUT2D eigenvalue weighted by Crippen LogP contribution is -2.49. The second-order valence-corrected chi connectivity index (χ2v) is 6.67. The summed E-state index contributed by atoms with van der Waals surface area (Å²) in [5.74, 6) is 1.71. The Kier molecular flexibility index (Phi) is 5.00.